The van der Waals surface area contributed by atoms with Gasteiger partial charge in [0.1, 0.15) is 5.52 Å². The number of hydrogen-bond acceptors (Lipinski definition) is 7. The van der Waals surface area contributed by atoms with Crippen molar-refractivity contribution in [1.29, 1.82) is 0 Å². The van der Waals surface area contributed by atoms with Gasteiger partial charge in [0, 0.05) is 51.0 Å². The number of rotatable bonds is 3. The lowest BCUT2D eigenvalue weighted by molar-refractivity contribution is 0.635. The molecular weight excluding hydrogens is 352 g/mol. The third-order valence-corrected chi connectivity index (χ3v) is 4.92. The van der Waals surface area contributed by atoms with Gasteiger partial charge < -0.3 is 9.80 Å². The molecule has 140 valence electrons. The largest absolute Gasteiger partial charge is 0.351 e. The minimum Gasteiger partial charge on any atom is -0.351 e. The highest BCUT2D eigenvalue weighted by Crippen LogP contribution is 2.23. The fraction of sp³-hybridized carbons (Fsp3) is 0.250. The van der Waals surface area contributed by atoms with Gasteiger partial charge >= 0.3 is 0 Å². The van der Waals surface area contributed by atoms with E-state index in [4.69, 9.17) is 4.98 Å². The number of aromatic nitrogens is 6. The van der Waals surface area contributed by atoms with Crippen LogP contribution in [0.15, 0.2) is 55.1 Å². The average Bonchev–Trinajstić information content (AvgIpc) is 3.15. The monoisotopic (exact) mass is 372 g/mol. The van der Waals surface area contributed by atoms with Gasteiger partial charge in [0.15, 0.2) is 5.82 Å². The molecule has 1 aliphatic heterocycles. The van der Waals surface area contributed by atoms with Crippen molar-refractivity contribution in [2.45, 2.75) is 6.92 Å². The number of fused-ring (bicyclic) bond motifs is 1. The van der Waals surface area contributed by atoms with Crippen LogP contribution in [0.5, 0.6) is 0 Å². The summed E-state index contributed by atoms with van der Waals surface area (Å²) in [4.78, 5) is 22.7. The highest BCUT2D eigenvalue weighted by molar-refractivity contribution is 5.69. The molecule has 0 atom stereocenters. The maximum Gasteiger partial charge on any atom is 0.226 e. The molecule has 0 bridgehead atoms. The quantitative estimate of drug-likeness (QED) is 0.546. The normalized spacial score (nSPS) is 14.6. The highest BCUT2D eigenvalue weighted by atomic mass is 15.3. The molecule has 0 unspecified atom stereocenters. The second kappa shape index (κ2) is 6.88. The fourth-order valence-electron chi connectivity index (χ4n) is 3.55. The third-order valence-electron chi connectivity index (χ3n) is 4.92. The lowest BCUT2D eigenvalue weighted by Gasteiger charge is -2.35. The molecule has 8 nitrogen and oxygen atoms in total. The van der Waals surface area contributed by atoms with E-state index in [-0.39, 0.29) is 0 Å². The fourth-order valence-corrected chi connectivity index (χ4v) is 3.55. The van der Waals surface area contributed by atoms with E-state index in [0.717, 1.165) is 60.5 Å². The van der Waals surface area contributed by atoms with E-state index in [2.05, 4.69) is 35.9 Å². The van der Waals surface area contributed by atoms with Gasteiger partial charge in [-0.3, -0.25) is 4.98 Å². The summed E-state index contributed by atoms with van der Waals surface area (Å²) in [5, 5.41) is 4.48. The van der Waals surface area contributed by atoms with Crippen molar-refractivity contribution in [2.75, 3.05) is 36.0 Å². The first-order chi connectivity index (χ1) is 13.8. The van der Waals surface area contributed by atoms with Crippen LogP contribution >= 0.6 is 0 Å². The van der Waals surface area contributed by atoms with Crippen LogP contribution in [-0.2, 0) is 0 Å². The summed E-state index contributed by atoms with van der Waals surface area (Å²) in [6.07, 6.45) is 7.28. The Morgan fingerprint density at radius 3 is 2.50 bits per heavy atom. The standard InChI is InChI=1S/C20H20N8/c1-15-14-18-19(22-8-9-28(18)25-15)26-10-12-27(13-11-26)20-23-7-5-17(24-20)16-4-2-3-6-21-16/h2-9,14H,10-13H2,1H3. The first-order valence-corrected chi connectivity index (χ1v) is 9.33. The van der Waals surface area contributed by atoms with Crippen molar-refractivity contribution in [3.05, 3.63) is 60.8 Å². The summed E-state index contributed by atoms with van der Waals surface area (Å²) >= 11 is 0. The molecule has 28 heavy (non-hydrogen) atoms. The zero-order valence-corrected chi connectivity index (χ0v) is 15.6. The van der Waals surface area contributed by atoms with Crippen molar-refractivity contribution < 1.29 is 0 Å². The van der Waals surface area contributed by atoms with Crippen LogP contribution < -0.4 is 9.80 Å². The van der Waals surface area contributed by atoms with Crippen molar-refractivity contribution in [3.8, 4) is 11.4 Å². The molecule has 4 aromatic rings. The number of nitrogens with zero attached hydrogens (tertiary/aromatic N) is 8. The third kappa shape index (κ3) is 3.02. The van der Waals surface area contributed by atoms with E-state index in [1.54, 1.807) is 18.6 Å². The van der Waals surface area contributed by atoms with Crippen molar-refractivity contribution in [2.24, 2.45) is 0 Å². The van der Waals surface area contributed by atoms with Crippen LogP contribution in [-0.4, -0.2) is 55.7 Å². The van der Waals surface area contributed by atoms with Crippen molar-refractivity contribution in [3.63, 3.8) is 0 Å². The van der Waals surface area contributed by atoms with E-state index >= 15 is 0 Å². The lowest BCUT2D eigenvalue weighted by atomic mass is 10.2. The van der Waals surface area contributed by atoms with Crippen LogP contribution in [0.1, 0.15) is 5.69 Å². The van der Waals surface area contributed by atoms with Crippen molar-refractivity contribution in [1.82, 2.24) is 29.5 Å². The van der Waals surface area contributed by atoms with Gasteiger partial charge in [0.05, 0.1) is 17.1 Å². The summed E-state index contributed by atoms with van der Waals surface area (Å²) < 4.78 is 1.89. The molecular formula is C20H20N8. The first-order valence-electron chi connectivity index (χ1n) is 9.33. The lowest BCUT2D eigenvalue weighted by Crippen LogP contribution is -2.47. The van der Waals surface area contributed by atoms with Gasteiger partial charge in [-0.25, -0.2) is 19.5 Å². The Bertz CT molecular complexity index is 1100. The van der Waals surface area contributed by atoms with Crippen LogP contribution in [0.2, 0.25) is 0 Å². The molecule has 0 amide bonds. The van der Waals surface area contributed by atoms with Crippen LogP contribution in [0.4, 0.5) is 11.8 Å². The zero-order valence-electron chi connectivity index (χ0n) is 15.6. The predicted molar refractivity (Wildman–Crippen MR) is 107 cm³/mol. The highest BCUT2D eigenvalue weighted by Gasteiger charge is 2.22. The molecule has 5 heterocycles. The smallest absolute Gasteiger partial charge is 0.226 e. The Morgan fingerprint density at radius 1 is 0.821 bits per heavy atom. The van der Waals surface area contributed by atoms with E-state index in [1.807, 2.05) is 41.9 Å². The Kier molecular flexibility index (Phi) is 4.08. The Hall–Kier alpha value is -3.55. The molecule has 4 aromatic heterocycles. The van der Waals surface area contributed by atoms with Gasteiger partial charge in [-0.1, -0.05) is 6.07 Å². The van der Waals surface area contributed by atoms with Gasteiger partial charge in [0.25, 0.3) is 0 Å². The number of aryl methyl sites for hydroxylation is 1. The molecule has 0 spiro atoms. The molecule has 0 aromatic carbocycles. The molecule has 5 rings (SSSR count). The van der Waals surface area contributed by atoms with Crippen LogP contribution in [0.25, 0.3) is 16.9 Å². The molecule has 1 aliphatic rings. The molecule has 1 saturated heterocycles. The molecule has 0 radical (unpaired) electrons. The number of piperazine rings is 1. The van der Waals surface area contributed by atoms with E-state index in [0.29, 0.717) is 0 Å². The zero-order chi connectivity index (χ0) is 18.9. The van der Waals surface area contributed by atoms with Crippen LogP contribution in [0.3, 0.4) is 0 Å². The van der Waals surface area contributed by atoms with Gasteiger partial charge in [0.2, 0.25) is 5.95 Å². The summed E-state index contributed by atoms with van der Waals surface area (Å²) in [7, 11) is 0. The molecule has 0 saturated carbocycles. The summed E-state index contributed by atoms with van der Waals surface area (Å²) in [6.45, 7) is 5.38. The number of hydrogen-bond donors (Lipinski definition) is 0. The molecule has 8 heteroatoms. The van der Waals surface area contributed by atoms with Gasteiger partial charge in [-0.2, -0.15) is 5.10 Å². The van der Waals surface area contributed by atoms with Crippen molar-refractivity contribution >= 4 is 17.3 Å². The second-order valence-electron chi connectivity index (χ2n) is 6.80. The maximum absolute atomic E-state index is 4.72. The topological polar surface area (TPSA) is 75.3 Å². The van der Waals surface area contributed by atoms with E-state index < -0.39 is 0 Å². The SMILES string of the molecule is Cc1cc2c(N3CCN(c4nccc(-c5ccccn5)n4)CC3)nccn2n1. The van der Waals surface area contributed by atoms with Gasteiger partial charge in [-0.15, -0.1) is 0 Å². The maximum atomic E-state index is 4.72. The molecule has 0 N–H and O–H groups in total. The van der Waals surface area contributed by atoms with E-state index in [1.165, 1.54) is 0 Å². The number of anilines is 2. The second-order valence-corrected chi connectivity index (χ2v) is 6.80. The average molecular weight is 372 g/mol. The molecule has 0 aliphatic carbocycles. The minimum absolute atomic E-state index is 0.745. The molecule has 1 fully saturated rings. The Morgan fingerprint density at radius 2 is 1.68 bits per heavy atom. The Balaban J connectivity index is 1.35. The Labute approximate surface area is 162 Å². The van der Waals surface area contributed by atoms with Gasteiger partial charge in [-0.05, 0) is 31.2 Å². The summed E-state index contributed by atoms with van der Waals surface area (Å²) in [5.41, 5.74) is 3.74. The minimum atomic E-state index is 0.745. The predicted octanol–water partition coefficient (Wildman–Crippen LogP) is 2.22. The van der Waals surface area contributed by atoms with E-state index in [9.17, 15) is 0 Å². The van der Waals surface area contributed by atoms with Crippen LogP contribution in [0, 0.1) is 6.92 Å². The summed E-state index contributed by atoms with van der Waals surface area (Å²) in [5.74, 6) is 1.72. The number of pyridine rings is 1. The summed E-state index contributed by atoms with van der Waals surface area (Å²) in [6, 6.07) is 9.81. The first kappa shape index (κ1) is 16.6.